The van der Waals surface area contributed by atoms with Crippen LogP contribution in [-0.4, -0.2) is 28.5 Å². The maximum absolute atomic E-state index is 9.71. The first-order valence-corrected chi connectivity index (χ1v) is 4.79. The molecule has 0 aromatic heterocycles. The average Bonchev–Trinajstić information content (AvgIpc) is 1.78. The first kappa shape index (κ1) is 17.1. The highest BCUT2D eigenvalue weighted by Gasteiger charge is 2.31. The maximum Gasteiger partial charge on any atom is 0.0872 e. The Balaban J connectivity index is 0. The van der Waals surface area contributed by atoms with Gasteiger partial charge in [-0.25, -0.2) is 0 Å². The Kier molecular flexibility index (Phi) is 7.13. The van der Waals surface area contributed by atoms with Gasteiger partial charge in [0.15, 0.2) is 0 Å². The van der Waals surface area contributed by atoms with Crippen LogP contribution < -0.4 is 10.0 Å². The van der Waals surface area contributed by atoms with E-state index >= 15 is 0 Å². The largest absolute Gasteiger partial charge is 0.890 e. The fraction of sp³-hybridized carbons (Fsp3) is 0.800. The number of hydrogen-bond acceptors (Lipinski definition) is 4. The molecule has 0 saturated carbocycles. The van der Waals surface area contributed by atoms with Crippen LogP contribution in [0.1, 0.15) is 41.5 Å². The Hall–Kier alpha value is -0.355. The smallest absolute Gasteiger partial charge is 0.0872 e. The van der Waals surface area contributed by atoms with Gasteiger partial charge in [0.1, 0.15) is 0 Å². The lowest BCUT2D eigenvalue weighted by molar-refractivity contribution is -0.342. The third-order valence-corrected chi connectivity index (χ3v) is 1.97. The molecule has 0 unspecified atom stereocenters. The first-order valence-electron chi connectivity index (χ1n) is 4.79. The van der Waals surface area contributed by atoms with Crippen LogP contribution in [-0.2, 0) is 0 Å². The van der Waals surface area contributed by atoms with E-state index in [1.807, 2.05) is 0 Å². The molecule has 15 heavy (non-hydrogen) atoms. The van der Waals surface area contributed by atoms with Gasteiger partial charge < -0.3 is 20.3 Å². The highest BCUT2D eigenvalue weighted by Crippen LogP contribution is 2.19. The maximum atomic E-state index is 9.71. The lowest BCUT2D eigenvalue weighted by Gasteiger charge is -2.31. The zero-order valence-corrected chi connectivity index (χ0v) is 10.4. The molecular formula is C10H21BO4-2. The predicted octanol–water partition coefficient (Wildman–Crippen LogP) is -0.771. The highest BCUT2D eigenvalue weighted by atomic mass is 16.4. The SMILES string of the molecule is CC(C)(O)C(C)(C)O.CC(C)=CB([O-])[O-]. The van der Waals surface area contributed by atoms with Gasteiger partial charge in [-0.1, -0.05) is 12.7 Å². The van der Waals surface area contributed by atoms with Crippen molar-refractivity contribution in [1.82, 2.24) is 0 Å². The minimum atomic E-state index is -1.79. The fourth-order valence-electron chi connectivity index (χ4n) is 0.272. The number of aliphatic hydroxyl groups is 2. The molecule has 0 atom stereocenters. The summed E-state index contributed by atoms with van der Waals surface area (Å²) in [6.07, 6.45) is 0. The van der Waals surface area contributed by atoms with Crippen molar-refractivity contribution in [1.29, 1.82) is 0 Å². The Morgan fingerprint density at radius 3 is 1.27 bits per heavy atom. The molecule has 0 aromatic carbocycles. The molecule has 0 radical (unpaired) electrons. The van der Waals surface area contributed by atoms with E-state index in [2.05, 4.69) is 0 Å². The van der Waals surface area contributed by atoms with Gasteiger partial charge in [-0.05, 0) is 41.5 Å². The number of allylic oxidation sites excluding steroid dienone is 1. The number of hydrogen-bond donors (Lipinski definition) is 2. The Morgan fingerprint density at radius 2 is 1.27 bits per heavy atom. The Bertz CT molecular complexity index is 182. The van der Waals surface area contributed by atoms with Crippen molar-refractivity contribution < 1.29 is 20.3 Å². The van der Waals surface area contributed by atoms with Crippen molar-refractivity contribution in [2.75, 3.05) is 0 Å². The summed E-state index contributed by atoms with van der Waals surface area (Å²) in [7, 11) is -1.79. The Labute approximate surface area is 92.4 Å². The Morgan fingerprint density at radius 1 is 1.00 bits per heavy atom. The van der Waals surface area contributed by atoms with Gasteiger partial charge >= 0.3 is 0 Å². The molecule has 4 nitrogen and oxygen atoms in total. The van der Waals surface area contributed by atoms with Crippen LogP contribution in [0.2, 0.25) is 0 Å². The molecule has 0 amide bonds. The summed E-state index contributed by atoms with van der Waals surface area (Å²) in [6, 6.07) is 0. The van der Waals surface area contributed by atoms with Crippen LogP contribution >= 0.6 is 0 Å². The topological polar surface area (TPSA) is 86.6 Å². The average molecular weight is 216 g/mol. The standard InChI is InChI=1S/C6H14O2.C4H7BO2/c1-5(2,7)6(3,4)8;1-4(2)3-5(6)7/h7-8H,1-4H3;3H,1-2H3/q;-2. The van der Waals surface area contributed by atoms with E-state index in [0.717, 1.165) is 11.5 Å². The molecule has 0 aliphatic heterocycles. The van der Waals surface area contributed by atoms with E-state index in [9.17, 15) is 10.0 Å². The molecule has 5 heteroatoms. The first-order chi connectivity index (χ1) is 6.38. The van der Waals surface area contributed by atoms with Gasteiger partial charge in [0.05, 0.1) is 11.2 Å². The fourth-order valence-corrected chi connectivity index (χ4v) is 0.272. The van der Waals surface area contributed by atoms with Crippen LogP contribution in [0.15, 0.2) is 11.5 Å². The van der Waals surface area contributed by atoms with Crippen molar-refractivity contribution in [3.63, 3.8) is 0 Å². The second kappa shape index (κ2) is 6.28. The van der Waals surface area contributed by atoms with Gasteiger partial charge in [0.25, 0.3) is 0 Å². The summed E-state index contributed by atoms with van der Waals surface area (Å²) in [5.41, 5.74) is -1.23. The van der Waals surface area contributed by atoms with Crippen LogP contribution in [0.3, 0.4) is 0 Å². The summed E-state index contributed by atoms with van der Waals surface area (Å²) in [5, 5.41) is 37.6. The normalized spacial score (nSPS) is 11.3. The zero-order valence-electron chi connectivity index (χ0n) is 10.4. The van der Waals surface area contributed by atoms with E-state index in [1.54, 1.807) is 41.5 Å². The van der Waals surface area contributed by atoms with Crippen molar-refractivity contribution >= 4 is 7.12 Å². The zero-order chi connectivity index (χ0) is 12.9. The van der Waals surface area contributed by atoms with Crippen LogP contribution in [0.25, 0.3) is 0 Å². The summed E-state index contributed by atoms with van der Waals surface area (Å²) < 4.78 is 0. The molecule has 0 spiro atoms. The monoisotopic (exact) mass is 216 g/mol. The number of rotatable bonds is 2. The summed E-state index contributed by atoms with van der Waals surface area (Å²) in [6.45, 7) is 9.76. The quantitative estimate of drug-likeness (QED) is 0.593. The predicted molar refractivity (Wildman–Crippen MR) is 57.8 cm³/mol. The van der Waals surface area contributed by atoms with Gasteiger partial charge in [-0.15, -0.1) is 0 Å². The molecule has 0 aliphatic carbocycles. The van der Waals surface area contributed by atoms with Crippen LogP contribution in [0.5, 0.6) is 0 Å². The van der Waals surface area contributed by atoms with Gasteiger partial charge in [-0.3, -0.25) is 0 Å². The third-order valence-electron chi connectivity index (χ3n) is 1.97. The molecule has 0 bridgehead atoms. The van der Waals surface area contributed by atoms with Crippen LogP contribution in [0, 0.1) is 0 Å². The highest BCUT2D eigenvalue weighted by molar-refractivity contribution is 6.43. The van der Waals surface area contributed by atoms with E-state index in [1.165, 1.54) is 0 Å². The molecule has 0 rings (SSSR count). The van der Waals surface area contributed by atoms with E-state index in [4.69, 9.17) is 10.2 Å². The lowest BCUT2D eigenvalue weighted by Crippen LogP contribution is -2.44. The van der Waals surface area contributed by atoms with Crippen molar-refractivity contribution in [3.05, 3.63) is 11.5 Å². The second-order valence-corrected chi connectivity index (χ2v) is 4.73. The molecule has 0 heterocycles. The molecule has 0 aromatic rings. The summed E-state index contributed by atoms with van der Waals surface area (Å²) in [5.74, 6) is 1.14. The van der Waals surface area contributed by atoms with Crippen molar-refractivity contribution in [2.45, 2.75) is 52.7 Å². The third kappa shape index (κ3) is 11.6. The molecule has 90 valence electrons. The summed E-state index contributed by atoms with van der Waals surface area (Å²) >= 11 is 0. The van der Waals surface area contributed by atoms with Gasteiger partial charge in [0.2, 0.25) is 0 Å². The summed E-state index contributed by atoms with van der Waals surface area (Å²) in [4.78, 5) is 0. The molecule has 0 aliphatic rings. The molecule has 0 fully saturated rings. The minimum Gasteiger partial charge on any atom is -0.890 e. The van der Waals surface area contributed by atoms with Gasteiger partial charge in [0, 0.05) is 0 Å². The minimum absolute atomic E-state index is 0.787. The molecular weight excluding hydrogens is 195 g/mol. The van der Waals surface area contributed by atoms with E-state index < -0.39 is 18.3 Å². The lowest BCUT2D eigenvalue weighted by atomic mass is 9.89. The molecule has 0 saturated heterocycles. The van der Waals surface area contributed by atoms with Crippen molar-refractivity contribution in [2.24, 2.45) is 0 Å². The van der Waals surface area contributed by atoms with E-state index in [-0.39, 0.29) is 0 Å². The second-order valence-electron chi connectivity index (χ2n) is 4.73. The molecule has 2 N–H and O–H groups in total. The van der Waals surface area contributed by atoms with Crippen LogP contribution in [0.4, 0.5) is 0 Å². The van der Waals surface area contributed by atoms with Crippen molar-refractivity contribution in [3.8, 4) is 0 Å². The van der Waals surface area contributed by atoms with E-state index in [0.29, 0.717) is 0 Å². The van der Waals surface area contributed by atoms with Gasteiger partial charge in [-0.2, -0.15) is 5.98 Å².